The average Bonchev–Trinajstić information content (AvgIpc) is 3.43. The van der Waals surface area contributed by atoms with Crippen LogP contribution in [0, 0.1) is 11.8 Å². The quantitative estimate of drug-likeness (QED) is 0.208. The molecule has 3 atom stereocenters. The zero-order valence-electron chi connectivity index (χ0n) is 22.2. The van der Waals surface area contributed by atoms with E-state index in [-0.39, 0.29) is 24.5 Å². The van der Waals surface area contributed by atoms with Crippen LogP contribution in [-0.4, -0.2) is 44.9 Å². The highest BCUT2D eigenvalue weighted by atomic mass is 16.5. The van der Waals surface area contributed by atoms with Crippen LogP contribution in [-0.2, 0) is 10.3 Å². The molecule has 0 spiro atoms. The number of hydrogen-bond donors (Lipinski definition) is 2. The third-order valence-electron chi connectivity index (χ3n) is 8.01. The molecule has 3 N–H and O–H groups in total. The molecule has 8 heteroatoms. The molecule has 1 fully saturated rings. The summed E-state index contributed by atoms with van der Waals surface area (Å²) in [4.78, 5) is 13.0. The lowest BCUT2D eigenvalue weighted by molar-refractivity contribution is -0.0502. The van der Waals surface area contributed by atoms with Crippen LogP contribution < -0.4 is 10.5 Å². The van der Waals surface area contributed by atoms with Crippen LogP contribution in [0.15, 0.2) is 110 Å². The average molecular weight is 534 g/mol. The van der Waals surface area contributed by atoms with Gasteiger partial charge in [0.2, 0.25) is 0 Å². The molecule has 40 heavy (non-hydrogen) atoms. The molecule has 0 radical (unpaired) electrons. The number of ether oxygens (including phenoxy) is 2. The van der Waals surface area contributed by atoms with Crippen molar-refractivity contribution in [3.8, 4) is 5.75 Å². The van der Waals surface area contributed by atoms with E-state index in [0.29, 0.717) is 23.6 Å². The van der Waals surface area contributed by atoms with Gasteiger partial charge >= 0.3 is 0 Å². The van der Waals surface area contributed by atoms with Crippen molar-refractivity contribution >= 4 is 17.0 Å². The first-order chi connectivity index (χ1) is 19.6. The van der Waals surface area contributed by atoms with E-state index in [1.54, 1.807) is 13.4 Å². The predicted octanol–water partition coefficient (Wildman–Crippen LogP) is 4.76. The Labute approximate surface area is 232 Å². The summed E-state index contributed by atoms with van der Waals surface area (Å²) in [6.07, 6.45) is 3.16. The smallest absolute Gasteiger partial charge is 0.165 e. The molecule has 0 aliphatic heterocycles. The summed E-state index contributed by atoms with van der Waals surface area (Å²) in [5, 5.41) is 10.3. The number of aromatic nitrogens is 4. The fourth-order valence-electron chi connectivity index (χ4n) is 5.93. The fourth-order valence-corrected chi connectivity index (χ4v) is 5.93. The summed E-state index contributed by atoms with van der Waals surface area (Å²) >= 11 is 0. The van der Waals surface area contributed by atoms with E-state index in [9.17, 15) is 5.11 Å². The number of methoxy groups -OCH3 is 1. The van der Waals surface area contributed by atoms with Crippen LogP contribution in [0.25, 0.3) is 11.2 Å². The number of nitrogen functional groups attached to an aromatic ring is 1. The number of hydrogen-bond acceptors (Lipinski definition) is 7. The lowest BCUT2D eigenvalue weighted by atomic mass is 9.66. The number of nitrogens with zero attached hydrogens (tertiary/aromatic N) is 4. The monoisotopic (exact) mass is 533 g/mol. The molecule has 202 valence electrons. The molecule has 0 unspecified atom stereocenters. The van der Waals surface area contributed by atoms with E-state index < -0.39 is 5.60 Å². The fraction of sp³-hybridized carbons (Fsp3) is 0.219. The van der Waals surface area contributed by atoms with E-state index in [2.05, 4.69) is 45.8 Å². The molecular formula is C32H31N5O3. The molecule has 1 aliphatic carbocycles. The molecule has 2 heterocycles. The van der Waals surface area contributed by atoms with Gasteiger partial charge in [-0.2, -0.15) is 0 Å². The van der Waals surface area contributed by atoms with E-state index in [4.69, 9.17) is 15.2 Å². The van der Waals surface area contributed by atoms with E-state index in [1.807, 2.05) is 65.2 Å². The number of nitrogens with two attached hydrogens (primary N) is 1. The Bertz CT molecular complexity index is 1580. The summed E-state index contributed by atoms with van der Waals surface area (Å²) in [6, 6.07) is 28.2. The van der Waals surface area contributed by atoms with Gasteiger partial charge in [0.05, 0.1) is 32.7 Å². The minimum absolute atomic E-state index is 0.0284. The highest BCUT2D eigenvalue weighted by molar-refractivity contribution is 5.81. The molecule has 0 bridgehead atoms. The molecule has 5 aromatic rings. The van der Waals surface area contributed by atoms with Gasteiger partial charge in [-0.3, -0.25) is 0 Å². The third-order valence-corrected chi connectivity index (χ3v) is 8.01. The molecule has 1 saturated carbocycles. The minimum atomic E-state index is -0.917. The summed E-state index contributed by atoms with van der Waals surface area (Å²) in [5.41, 5.74) is 10.2. The van der Waals surface area contributed by atoms with Crippen molar-refractivity contribution < 1.29 is 14.6 Å². The Kier molecular flexibility index (Phi) is 6.79. The highest BCUT2D eigenvalue weighted by Crippen LogP contribution is 2.51. The predicted molar refractivity (Wildman–Crippen MR) is 154 cm³/mol. The maximum Gasteiger partial charge on any atom is 0.165 e. The molecule has 6 rings (SSSR count). The van der Waals surface area contributed by atoms with E-state index >= 15 is 0 Å². The number of fused-ring (bicyclic) bond motifs is 1. The maximum atomic E-state index is 10.3. The normalized spacial score (nSPS) is 18.9. The standard InChI is InChI=1S/C32H31N5O3/c1-21-26(17-38)27(29(21)37-20-36-28-30(33)34-19-35-31(28)37)18-40-32(22-9-5-3-6-10-22,23-11-7-4-8-12-23)24-13-15-25(39-2)16-14-24/h3-16,19-20,26-27,29,38H,1,17-18H2,2H3,(H2,33,34,35)/t26-,27+,29+/m1/s1. The first-order valence-electron chi connectivity index (χ1n) is 13.2. The summed E-state index contributed by atoms with van der Waals surface area (Å²) in [5.74, 6) is 0.868. The highest BCUT2D eigenvalue weighted by Gasteiger charge is 2.48. The van der Waals surface area contributed by atoms with Gasteiger partial charge in [0.1, 0.15) is 23.2 Å². The zero-order valence-corrected chi connectivity index (χ0v) is 22.2. The summed E-state index contributed by atoms with van der Waals surface area (Å²) in [6.45, 7) is 4.62. The van der Waals surface area contributed by atoms with Crippen LogP contribution in [0.5, 0.6) is 5.75 Å². The second-order valence-corrected chi connectivity index (χ2v) is 10.0. The molecule has 1 aliphatic rings. The molecule has 3 aromatic carbocycles. The van der Waals surface area contributed by atoms with Gasteiger partial charge in [0, 0.05) is 11.8 Å². The van der Waals surface area contributed by atoms with Crippen LogP contribution in [0.2, 0.25) is 0 Å². The maximum absolute atomic E-state index is 10.3. The number of imidazole rings is 1. The molecule has 8 nitrogen and oxygen atoms in total. The van der Waals surface area contributed by atoms with Crippen molar-refractivity contribution in [2.45, 2.75) is 11.6 Å². The summed E-state index contributed by atoms with van der Waals surface area (Å²) < 4.78 is 14.5. The Morgan fingerprint density at radius 3 is 2.12 bits per heavy atom. The molecule has 2 aromatic heterocycles. The van der Waals surface area contributed by atoms with Crippen molar-refractivity contribution in [1.29, 1.82) is 0 Å². The van der Waals surface area contributed by atoms with Gasteiger partial charge in [0.25, 0.3) is 0 Å². The molecule has 0 saturated heterocycles. The third kappa shape index (κ3) is 4.13. The van der Waals surface area contributed by atoms with Crippen LogP contribution >= 0.6 is 0 Å². The second kappa shape index (κ2) is 10.6. The number of rotatable bonds is 9. The number of anilines is 1. The van der Waals surface area contributed by atoms with Gasteiger partial charge < -0.3 is 24.9 Å². The number of aliphatic hydroxyl groups is 1. The van der Waals surface area contributed by atoms with Gasteiger partial charge in [-0.1, -0.05) is 79.4 Å². The number of aliphatic hydroxyl groups excluding tert-OH is 1. The van der Waals surface area contributed by atoms with Crippen molar-refractivity contribution in [3.63, 3.8) is 0 Å². The molecule has 0 amide bonds. The first-order valence-corrected chi connectivity index (χ1v) is 13.2. The van der Waals surface area contributed by atoms with Crippen molar-refractivity contribution in [1.82, 2.24) is 19.5 Å². The van der Waals surface area contributed by atoms with Crippen molar-refractivity contribution in [2.24, 2.45) is 11.8 Å². The zero-order chi connectivity index (χ0) is 27.7. The van der Waals surface area contributed by atoms with Crippen LogP contribution in [0.1, 0.15) is 22.7 Å². The van der Waals surface area contributed by atoms with Gasteiger partial charge in [-0.05, 0) is 34.4 Å². The van der Waals surface area contributed by atoms with Gasteiger partial charge in [0.15, 0.2) is 11.5 Å². The van der Waals surface area contributed by atoms with Gasteiger partial charge in [-0.25, -0.2) is 15.0 Å². The minimum Gasteiger partial charge on any atom is -0.497 e. The lowest BCUT2D eigenvalue weighted by Gasteiger charge is -2.48. The Morgan fingerprint density at radius 2 is 1.52 bits per heavy atom. The Balaban J connectivity index is 1.44. The summed E-state index contributed by atoms with van der Waals surface area (Å²) in [7, 11) is 1.66. The first kappa shape index (κ1) is 25.7. The van der Waals surface area contributed by atoms with E-state index in [1.165, 1.54) is 6.33 Å². The Morgan fingerprint density at radius 1 is 0.900 bits per heavy atom. The number of benzene rings is 3. The second-order valence-electron chi connectivity index (χ2n) is 10.0. The van der Waals surface area contributed by atoms with Crippen LogP contribution in [0.3, 0.4) is 0 Å². The topological polar surface area (TPSA) is 108 Å². The van der Waals surface area contributed by atoms with E-state index in [0.717, 1.165) is 28.0 Å². The SMILES string of the molecule is C=C1[C@@H](CO)[C@H](COC(c2ccccc2)(c2ccccc2)c2ccc(OC)cc2)[C@H]1n1cnc2c(N)ncnc21. The van der Waals surface area contributed by atoms with Crippen molar-refractivity contribution in [2.75, 3.05) is 26.1 Å². The van der Waals surface area contributed by atoms with Crippen LogP contribution in [0.4, 0.5) is 5.82 Å². The lowest BCUT2D eigenvalue weighted by Crippen LogP contribution is -2.47. The molecular weight excluding hydrogens is 502 g/mol. The van der Waals surface area contributed by atoms with Gasteiger partial charge in [-0.15, -0.1) is 0 Å². The van der Waals surface area contributed by atoms with Crippen molar-refractivity contribution in [3.05, 3.63) is 126 Å². The Hall–Kier alpha value is -4.53. The largest absolute Gasteiger partial charge is 0.497 e.